The number of anilines is 1. The molecule has 2 N–H and O–H groups in total. The number of H-pyrrole nitrogens is 1. The largest absolute Gasteiger partial charge is 0.497 e. The van der Waals surface area contributed by atoms with Crippen LogP contribution in [0, 0.1) is 19.7 Å². The fraction of sp³-hybridized carbons (Fsp3) is 0.520. The minimum atomic E-state index is -0.385. The fourth-order valence-electron chi connectivity index (χ4n) is 5.38. The Kier molecular flexibility index (Phi) is 5.97. The smallest absolute Gasteiger partial charge is 0.153 e. The lowest BCUT2D eigenvalue weighted by Gasteiger charge is -2.41. The van der Waals surface area contributed by atoms with Gasteiger partial charge in [0.2, 0.25) is 0 Å². The van der Waals surface area contributed by atoms with Gasteiger partial charge in [-0.25, -0.2) is 9.37 Å². The highest BCUT2D eigenvalue weighted by atomic mass is 19.1. The lowest BCUT2D eigenvalue weighted by molar-refractivity contribution is 0.0845. The van der Waals surface area contributed by atoms with Crippen molar-refractivity contribution in [2.75, 3.05) is 32.2 Å². The predicted octanol–water partition coefficient (Wildman–Crippen LogP) is 4.44. The molecule has 3 atom stereocenters. The molecule has 2 aliphatic heterocycles. The maximum absolute atomic E-state index is 15.0. The number of rotatable bonds is 5. The minimum absolute atomic E-state index is 0.253. The lowest BCUT2D eigenvalue weighted by Crippen LogP contribution is -2.50. The Morgan fingerprint density at radius 3 is 2.76 bits per heavy atom. The molecule has 0 bridgehead atoms. The van der Waals surface area contributed by atoms with E-state index in [0.717, 1.165) is 66.9 Å². The van der Waals surface area contributed by atoms with Crippen molar-refractivity contribution >= 4 is 16.7 Å². The number of nitrogens with zero attached hydrogens (tertiary/aromatic N) is 3. The third-order valence-electron chi connectivity index (χ3n) is 7.12. The fourth-order valence-corrected chi connectivity index (χ4v) is 5.38. The number of ether oxygens (including phenoxy) is 2. The topological polar surface area (TPSA) is 75.3 Å². The molecule has 176 valence electrons. The van der Waals surface area contributed by atoms with Crippen molar-refractivity contribution in [2.24, 2.45) is 0 Å². The van der Waals surface area contributed by atoms with Gasteiger partial charge in [-0.05, 0) is 57.7 Å². The molecule has 33 heavy (non-hydrogen) atoms. The van der Waals surface area contributed by atoms with E-state index < -0.39 is 0 Å². The summed E-state index contributed by atoms with van der Waals surface area (Å²) >= 11 is 0. The third-order valence-corrected chi connectivity index (χ3v) is 7.12. The van der Waals surface area contributed by atoms with E-state index in [-0.39, 0.29) is 11.9 Å². The second kappa shape index (κ2) is 8.91. The molecule has 1 aromatic carbocycles. The number of likely N-dealkylation sites (tertiary alicyclic amines) is 1. The molecular weight excluding hydrogens is 421 g/mol. The average Bonchev–Trinajstić information content (AvgIpc) is 3.47. The molecule has 2 saturated heterocycles. The third kappa shape index (κ3) is 4.17. The Labute approximate surface area is 193 Å². The molecule has 0 radical (unpaired) electrons. The van der Waals surface area contributed by atoms with Gasteiger partial charge in [-0.2, -0.15) is 5.10 Å². The second-order valence-corrected chi connectivity index (χ2v) is 9.37. The summed E-state index contributed by atoms with van der Waals surface area (Å²) in [6.07, 6.45) is 3.11. The number of benzene rings is 1. The van der Waals surface area contributed by atoms with Gasteiger partial charge in [-0.15, -0.1) is 0 Å². The maximum Gasteiger partial charge on any atom is 0.153 e. The first-order chi connectivity index (χ1) is 15.9. The molecule has 7 nitrogen and oxygen atoms in total. The van der Waals surface area contributed by atoms with Crippen LogP contribution in [-0.4, -0.2) is 65.1 Å². The minimum Gasteiger partial charge on any atom is -0.497 e. The summed E-state index contributed by atoms with van der Waals surface area (Å²) in [5.74, 6) is 0.780. The zero-order chi connectivity index (χ0) is 23.1. The molecule has 2 aromatic heterocycles. The quantitative estimate of drug-likeness (QED) is 0.595. The highest BCUT2D eigenvalue weighted by Gasteiger charge is 2.33. The summed E-state index contributed by atoms with van der Waals surface area (Å²) in [6.45, 7) is 8.97. The normalized spacial score (nSPS) is 23.8. The van der Waals surface area contributed by atoms with E-state index in [2.05, 4.69) is 27.3 Å². The number of aromatic nitrogens is 3. The Bertz CT molecular complexity index is 1160. The molecule has 0 amide bonds. The van der Waals surface area contributed by atoms with Gasteiger partial charge in [0, 0.05) is 54.0 Å². The highest BCUT2D eigenvalue weighted by Crippen LogP contribution is 2.37. The number of hydrogen-bond acceptors (Lipinski definition) is 6. The number of aromatic amines is 1. The number of pyridine rings is 1. The molecular formula is C25H32FN5O2. The van der Waals surface area contributed by atoms with Gasteiger partial charge in [-0.3, -0.25) is 10.00 Å². The van der Waals surface area contributed by atoms with Crippen molar-refractivity contribution in [3.05, 3.63) is 35.3 Å². The number of methoxy groups -OCH3 is 1. The standard InChI is InChI=1S/C25H32FN5O2/c1-14-9-22(30-29-14)23-16(3)20-11-19(32-4)12-21(26)24(20)28-25(23)27-17-5-7-31(15(2)10-17)18-6-8-33-13-18/h9,11-12,15,17-18H,5-8,10,13H2,1-4H3,(H,27,28)(H,29,30)/t15?,17?,18-/m1/s1. The molecule has 5 rings (SSSR count). The van der Waals surface area contributed by atoms with Crippen LogP contribution in [-0.2, 0) is 4.74 Å². The molecule has 2 fully saturated rings. The first-order valence-electron chi connectivity index (χ1n) is 11.7. The Morgan fingerprint density at radius 1 is 1.24 bits per heavy atom. The number of nitrogens with one attached hydrogen (secondary N) is 2. The van der Waals surface area contributed by atoms with Crippen LogP contribution in [0.5, 0.6) is 5.75 Å². The first-order valence-corrected chi connectivity index (χ1v) is 11.7. The molecule has 0 saturated carbocycles. The second-order valence-electron chi connectivity index (χ2n) is 9.37. The number of piperidine rings is 1. The SMILES string of the molecule is COc1cc(F)c2nc(NC3CCN([C@@H]4CCOC4)C(C)C3)c(-c3cc(C)[nH]n3)c(C)c2c1. The van der Waals surface area contributed by atoms with Crippen molar-refractivity contribution in [1.82, 2.24) is 20.1 Å². The van der Waals surface area contributed by atoms with E-state index in [1.165, 1.54) is 6.07 Å². The van der Waals surface area contributed by atoms with E-state index in [0.29, 0.717) is 29.2 Å². The van der Waals surface area contributed by atoms with Gasteiger partial charge in [-0.1, -0.05) is 0 Å². The number of hydrogen-bond donors (Lipinski definition) is 2. The summed E-state index contributed by atoms with van der Waals surface area (Å²) < 4.78 is 25.9. The molecule has 8 heteroatoms. The van der Waals surface area contributed by atoms with Gasteiger partial charge >= 0.3 is 0 Å². The summed E-state index contributed by atoms with van der Waals surface area (Å²) in [7, 11) is 1.54. The zero-order valence-corrected chi connectivity index (χ0v) is 19.7. The van der Waals surface area contributed by atoms with Crippen molar-refractivity contribution in [1.29, 1.82) is 0 Å². The van der Waals surface area contributed by atoms with Gasteiger partial charge in [0.25, 0.3) is 0 Å². The highest BCUT2D eigenvalue weighted by molar-refractivity contribution is 5.94. The van der Waals surface area contributed by atoms with E-state index in [1.807, 2.05) is 26.0 Å². The molecule has 0 aliphatic carbocycles. The molecule has 2 aliphatic rings. The Balaban J connectivity index is 1.51. The van der Waals surface area contributed by atoms with E-state index in [4.69, 9.17) is 14.5 Å². The average molecular weight is 454 g/mol. The molecule has 0 spiro atoms. The van der Waals surface area contributed by atoms with Crippen LogP contribution in [0.25, 0.3) is 22.2 Å². The van der Waals surface area contributed by atoms with Crippen LogP contribution < -0.4 is 10.1 Å². The van der Waals surface area contributed by atoms with Crippen molar-refractivity contribution in [2.45, 2.75) is 58.2 Å². The van der Waals surface area contributed by atoms with E-state index in [9.17, 15) is 4.39 Å². The Hall–Kier alpha value is -2.71. The van der Waals surface area contributed by atoms with Crippen molar-refractivity contribution < 1.29 is 13.9 Å². The van der Waals surface area contributed by atoms with Gasteiger partial charge in [0.15, 0.2) is 5.82 Å². The van der Waals surface area contributed by atoms with Gasteiger partial charge in [0.05, 0.1) is 19.4 Å². The van der Waals surface area contributed by atoms with Crippen LogP contribution in [0.1, 0.15) is 37.4 Å². The maximum atomic E-state index is 15.0. The van der Waals surface area contributed by atoms with Crippen LogP contribution in [0.2, 0.25) is 0 Å². The predicted molar refractivity (Wildman–Crippen MR) is 127 cm³/mol. The number of aryl methyl sites for hydroxylation is 2. The number of halogens is 1. The van der Waals surface area contributed by atoms with E-state index in [1.54, 1.807) is 7.11 Å². The summed E-state index contributed by atoms with van der Waals surface area (Å²) in [4.78, 5) is 7.36. The molecule has 2 unspecified atom stereocenters. The summed E-state index contributed by atoms with van der Waals surface area (Å²) in [5, 5.41) is 11.9. The number of fused-ring (bicyclic) bond motifs is 1. The first kappa shape index (κ1) is 22.1. The molecule has 3 aromatic rings. The van der Waals surface area contributed by atoms with Crippen molar-refractivity contribution in [3.8, 4) is 17.0 Å². The summed E-state index contributed by atoms with van der Waals surface area (Å²) in [6, 6.07) is 6.46. The Morgan fingerprint density at radius 2 is 2.09 bits per heavy atom. The van der Waals surface area contributed by atoms with Crippen LogP contribution in [0.15, 0.2) is 18.2 Å². The molecule has 4 heterocycles. The zero-order valence-electron chi connectivity index (χ0n) is 19.7. The van der Waals surface area contributed by atoms with Crippen LogP contribution >= 0.6 is 0 Å². The monoisotopic (exact) mass is 453 g/mol. The summed E-state index contributed by atoms with van der Waals surface area (Å²) in [5.41, 5.74) is 3.95. The van der Waals surface area contributed by atoms with E-state index >= 15 is 0 Å². The van der Waals surface area contributed by atoms with Gasteiger partial charge in [0.1, 0.15) is 17.1 Å². The van der Waals surface area contributed by atoms with Crippen LogP contribution in [0.4, 0.5) is 10.2 Å². The lowest BCUT2D eigenvalue weighted by atomic mass is 9.95. The van der Waals surface area contributed by atoms with Crippen molar-refractivity contribution in [3.63, 3.8) is 0 Å². The van der Waals surface area contributed by atoms with Crippen LogP contribution in [0.3, 0.4) is 0 Å². The van der Waals surface area contributed by atoms with Gasteiger partial charge < -0.3 is 14.8 Å².